The summed E-state index contributed by atoms with van der Waals surface area (Å²) in [6.45, 7) is 5.43. The minimum Gasteiger partial charge on any atom is -0.489 e. The first-order valence-corrected chi connectivity index (χ1v) is 11.2. The van der Waals surface area contributed by atoms with Crippen LogP contribution in [0.3, 0.4) is 0 Å². The third-order valence-corrected chi connectivity index (χ3v) is 4.40. The summed E-state index contributed by atoms with van der Waals surface area (Å²) in [5.41, 5.74) is 22.8. The van der Waals surface area contributed by atoms with Gasteiger partial charge in [0.2, 0.25) is 11.9 Å². The number of benzene rings is 1. The van der Waals surface area contributed by atoms with Gasteiger partial charge in [-0.2, -0.15) is 10.2 Å². The predicted molar refractivity (Wildman–Crippen MR) is 147 cm³/mol. The molecule has 1 aromatic carbocycles. The number of unbranched alkanes of at least 4 members (excludes halogenated alkanes) is 6. The Hall–Kier alpha value is -2.72. The second kappa shape index (κ2) is 20.9. The van der Waals surface area contributed by atoms with Crippen molar-refractivity contribution in [1.82, 2.24) is 0 Å². The van der Waals surface area contributed by atoms with Crippen molar-refractivity contribution in [2.75, 3.05) is 13.2 Å². The van der Waals surface area contributed by atoms with Crippen LogP contribution in [0.15, 0.2) is 32.5 Å². The molecule has 0 aliphatic rings. The van der Waals surface area contributed by atoms with E-state index in [4.69, 9.17) is 32.4 Å². The summed E-state index contributed by atoms with van der Waals surface area (Å²) in [6.07, 6.45) is 11.7. The van der Waals surface area contributed by atoms with Crippen LogP contribution in [0.4, 0.5) is 0 Å². The molecule has 0 aliphatic carbocycles. The molecule has 1 rings (SSSR count). The number of hydrogen-bond donors (Lipinski definition) is 4. The zero-order chi connectivity index (χ0) is 23.6. The minimum absolute atomic E-state index is 0. The second-order valence-corrected chi connectivity index (χ2v) is 7.26. The van der Waals surface area contributed by atoms with Crippen LogP contribution in [0.2, 0.25) is 0 Å². The van der Waals surface area contributed by atoms with E-state index in [1.165, 1.54) is 12.4 Å². The van der Waals surface area contributed by atoms with Crippen LogP contribution < -0.4 is 32.4 Å². The maximum Gasteiger partial charge on any atom is 0.211 e. The molecule has 0 bridgehead atoms. The van der Waals surface area contributed by atoms with E-state index in [1.54, 1.807) is 0 Å². The highest BCUT2D eigenvalue weighted by Crippen LogP contribution is 2.34. The highest BCUT2D eigenvalue weighted by Gasteiger charge is 2.15. The molecule has 0 fully saturated rings. The molecule has 0 saturated heterocycles. The first-order chi connectivity index (χ1) is 15.5. The van der Waals surface area contributed by atoms with E-state index in [9.17, 15) is 0 Å². The molecule has 0 atom stereocenters. The Bertz CT molecular complexity index is 728. The molecule has 8 N–H and O–H groups in total. The molecule has 0 aliphatic heterocycles. The van der Waals surface area contributed by atoms with Crippen molar-refractivity contribution in [2.24, 2.45) is 43.3 Å². The van der Waals surface area contributed by atoms with E-state index in [2.05, 4.69) is 34.3 Å². The van der Waals surface area contributed by atoms with Crippen molar-refractivity contribution in [2.45, 2.75) is 65.2 Å². The Morgan fingerprint density at radius 2 is 1.06 bits per heavy atom. The molecule has 194 valence electrons. The summed E-state index contributed by atoms with van der Waals surface area (Å²) in [5, 5.41) is 15.2. The Morgan fingerprint density at radius 1 is 0.676 bits per heavy atom. The van der Waals surface area contributed by atoms with Crippen molar-refractivity contribution in [3.8, 4) is 11.5 Å². The lowest BCUT2D eigenvalue weighted by molar-refractivity contribution is 0.258. The normalized spacial score (nSPS) is 10.4. The lowest BCUT2D eigenvalue weighted by Gasteiger charge is -2.17. The fourth-order valence-electron chi connectivity index (χ4n) is 2.82. The molecule has 0 radical (unpaired) electrons. The summed E-state index contributed by atoms with van der Waals surface area (Å²) < 4.78 is 12.3. The zero-order valence-electron chi connectivity index (χ0n) is 20.1. The van der Waals surface area contributed by atoms with Gasteiger partial charge in [-0.15, -0.1) is 35.0 Å². The van der Waals surface area contributed by atoms with Gasteiger partial charge in [-0.3, -0.25) is 0 Å². The summed E-state index contributed by atoms with van der Waals surface area (Å²) in [7, 11) is 0. The number of nitrogens with two attached hydrogens (primary N) is 4. The summed E-state index contributed by atoms with van der Waals surface area (Å²) in [6, 6.07) is 3.65. The molecule has 0 spiro atoms. The molecule has 1 aromatic rings. The van der Waals surface area contributed by atoms with Crippen molar-refractivity contribution >= 4 is 49.2 Å². The zero-order valence-corrected chi connectivity index (χ0v) is 21.7. The van der Waals surface area contributed by atoms with Gasteiger partial charge >= 0.3 is 0 Å². The number of ether oxygens (including phenoxy) is 2. The van der Waals surface area contributed by atoms with Gasteiger partial charge in [0.25, 0.3) is 0 Å². The van der Waals surface area contributed by atoms with Crippen LogP contribution in [-0.2, 0) is 0 Å². The predicted octanol–water partition coefficient (Wildman–Crippen LogP) is 3.66. The van der Waals surface area contributed by atoms with Crippen LogP contribution in [0.5, 0.6) is 11.5 Å². The summed E-state index contributed by atoms with van der Waals surface area (Å²) in [5.74, 6) is 0.855. The lowest BCUT2D eigenvalue weighted by Crippen LogP contribution is -2.21. The van der Waals surface area contributed by atoms with E-state index in [-0.39, 0.29) is 36.7 Å². The van der Waals surface area contributed by atoms with Gasteiger partial charge in [0.1, 0.15) is 0 Å². The summed E-state index contributed by atoms with van der Waals surface area (Å²) >= 11 is 0. The molecule has 0 amide bonds. The van der Waals surface area contributed by atoms with Gasteiger partial charge in [0.15, 0.2) is 11.5 Å². The van der Waals surface area contributed by atoms with E-state index in [0.717, 1.165) is 51.4 Å². The SMILES string of the molecule is CCCCCCOc1c(/C=N/N=C(N)N)ccc(/C=N/N=C(N)N)c1OCCCCCC.Cl.Cl. The Morgan fingerprint density at radius 3 is 1.38 bits per heavy atom. The van der Waals surface area contributed by atoms with Crippen LogP contribution in [-0.4, -0.2) is 37.6 Å². The average molecular weight is 520 g/mol. The topological polar surface area (TPSA) is 172 Å². The maximum absolute atomic E-state index is 6.14. The largest absolute Gasteiger partial charge is 0.489 e. The van der Waals surface area contributed by atoms with Gasteiger partial charge in [-0.25, -0.2) is 0 Å². The highest BCUT2D eigenvalue weighted by atomic mass is 35.5. The van der Waals surface area contributed by atoms with Crippen LogP contribution in [0.1, 0.15) is 76.3 Å². The van der Waals surface area contributed by atoms with E-state index in [0.29, 0.717) is 35.8 Å². The van der Waals surface area contributed by atoms with E-state index >= 15 is 0 Å². The van der Waals surface area contributed by atoms with Crippen molar-refractivity contribution in [3.63, 3.8) is 0 Å². The van der Waals surface area contributed by atoms with Crippen LogP contribution in [0, 0.1) is 0 Å². The third kappa shape index (κ3) is 14.4. The molecular weight excluding hydrogens is 479 g/mol. The van der Waals surface area contributed by atoms with E-state index in [1.807, 2.05) is 12.1 Å². The molecule has 0 heterocycles. The van der Waals surface area contributed by atoms with Gasteiger partial charge < -0.3 is 32.4 Å². The Kier molecular flexibility index (Phi) is 20.5. The molecule has 0 unspecified atom stereocenters. The molecule has 0 saturated carbocycles. The fourth-order valence-corrected chi connectivity index (χ4v) is 2.82. The second-order valence-electron chi connectivity index (χ2n) is 7.26. The highest BCUT2D eigenvalue weighted by molar-refractivity contribution is 5.92. The van der Waals surface area contributed by atoms with Gasteiger partial charge in [0, 0.05) is 11.1 Å². The van der Waals surface area contributed by atoms with Gasteiger partial charge in [-0.1, -0.05) is 52.4 Å². The minimum atomic E-state index is -0.128. The first kappa shape index (κ1) is 33.5. The number of nitrogens with zero attached hydrogens (tertiary/aromatic N) is 4. The number of guanidine groups is 2. The summed E-state index contributed by atoms with van der Waals surface area (Å²) in [4.78, 5) is 0. The molecule has 12 heteroatoms. The first-order valence-electron chi connectivity index (χ1n) is 11.2. The van der Waals surface area contributed by atoms with Crippen LogP contribution in [0.25, 0.3) is 0 Å². The smallest absolute Gasteiger partial charge is 0.211 e. The Labute approximate surface area is 215 Å². The number of halogens is 2. The van der Waals surface area contributed by atoms with Crippen molar-refractivity contribution in [1.29, 1.82) is 0 Å². The average Bonchev–Trinajstić information content (AvgIpc) is 2.75. The number of hydrogen-bond acceptors (Lipinski definition) is 6. The fraction of sp³-hybridized carbons (Fsp3) is 0.545. The molecule has 0 aromatic heterocycles. The quantitative estimate of drug-likeness (QED) is 0.112. The molecule has 10 nitrogen and oxygen atoms in total. The monoisotopic (exact) mass is 518 g/mol. The number of rotatable bonds is 16. The maximum atomic E-state index is 6.14. The van der Waals surface area contributed by atoms with Crippen molar-refractivity contribution < 1.29 is 9.47 Å². The van der Waals surface area contributed by atoms with Crippen LogP contribution >= 0.6 is 24.8 Å². The van der Waals surface area contributed by atoms with Crippen molar-refractivity contribution in [3.05, 3.63) is 23.3 Å². The lowest BCUT2D eigenvalue weighted by atomic mass is 10.1. The van der Waals surface area contributed by atoms with Gasteiger partial charge in [-0.05, 0) is 25.0 Å². The van der Waals surface area contributed by atoms with E-state index < -0.39 is 0 Å². The molecular formula is C22H40Cl2N8O2. The Balaban J connectivity index is 0. The third-order valence-electron chi connectivity index (χ3n) is 4.40. The molecule has 34 heavy (non-hydrogen) atoms. The van der Waals surface area contributed by atoms with Gasteiger partial charge in [0.05, 0.1) is 25.6 Å². The standard InChI is InChI=1S/C22H38N8O2.2ClH/c1-3-5-7-9-13-31-19-17(15-27-29-21(23)24)11-12-18(16-28-30-22(25)26)20(19)32-14-10-8-6-4-2;;/h11-12,15-16H,3-10,13-14H2,1-2H3,(H4,23,24,29)(H4,25,26,30);2*1H/b27-15+,28-16+;;.